The molecule has 3 atom stereocenters. The predicted octanol–water partition coefficient (Wildman–Crippen LogP) is 1.34. The van der Waals surface area contributed by atoms with Gasteiger partial charge in [0.15, 0.2) is 11.5 Å². The molecule has 1 aromatic rings. The van der Waals surface area contributed by atoms with Crippen LogP contribution in [0.25, 0.3) is 0 Å². The number of nitro groups is 1. The first-order valence-electron chi connectivity index (χ1n) is 9.36. The monoisotopic (exact) mass is 378 g/mol. The molecule has 0 bridgehead atoms. The number of benzene rings is 1. The summed E-state index contributed by atoms with van der Waals surface area (Å²) in [5.74, 6) is 1.35. The zero-order valence-electron chi connectivity index (χ0n) is 16.3. The lowest BCUT2D eigenvalue weighted by Crippen LogP contribution is -2.63. The van der Waals surface area contributed by atoms with Gasteiger partial charge in [0.05, 0.1) is 14.2 Å². The number of fused-ring (bicyclic) bond motifs is 1. The average Bonchev–Trinajstić information content (AvgIpc) is 2.97. The number of hydrogen-bond acceptors (Lipinski definition) is 7. The largest absolute Gasteiger partial charge is 0.493 e. The fourth-order valence-electron chi connectivity index (χ4n) is 5.10. The molecule has 0 spiro atoms. The highest BCUT2D eigenvalue weighted by molar-refractivity contribution is 5.46. The highest BCUT2D eigenvalue weighted by Gasteiger charge is 2.53. The Balaban J connectivity index is 1.91. The summed E-state index contributed by atoms with van der Waals surface area (Å²) < 4.78 is 10.9. The molecule has 27 heavy (non-hydrogen) atoms. The van der Waals surface area contributed by atoms with Crippen LogP contribution < -0.4 is 20.9 Å². The fourth-order valence-corrected chi connectivity index (χ4v) is 5.10. The van der Waals surface area contributed by atoms with Crippen molar-refractivity contribution in [3.05, 3.63) is 33.9 Å². The maximum absolute atomic E-state index is 11.0. The zero-order valence-corrected chi connectivity index (χ0v) is 16.3. The Bertz CT molecular complexity index is 711. The van der Waals surface area contributed by atoms with Crippen molar-refractivity contribution in [2.24, 2.45) is 17.4 Å². The van der Waals surface area contributed by atoms with Gasteiger partial charge in [0.2, 0.25) is 6.54 Å². The number of nitrogens with two attached hydrogens (primary N) is 2. The Morgan fingerprint density at radius 1 is 1.30 bits per heavy atom. The highest BCUT2D eigenvalue weighted by atomic mass is 16.6. The molecule has 8 heteroatoms. The molecule has 1 aliphatic heterocycles. The molecule has 0 unspecified atom stereocenters. The fraction of sp³-hybridized carbons (Fsp3) is 0.684. The van der Waals surface area contributed by atoms with Gasteiger partial charge in [-0.05, 0) is 62.9 Å². The van der Waals surface area contributed by atoms with E-state index in [0.29, 0.717) is 5.75 Å². The summed E-state index contributed by atoms with van der Waals surface area (Å²) in [5, 5.41) is 11.0. The summed E-state index contributed by atoms with van der Waals surface area (Å²) in [7, 11) is 5.38. The van der Waals surface area contributed by atoms with E-state index >= 15 is 0 Å². The van der Waals surface area contributed by atoms with Crippen LogP contribution in [0.1, 0.15) is 31.2 Å². The normalized spacial score (nSPS) is 28.6. The van der Waals surface area contributed by atoms with Gasteiger partial charge in [-0.15, -0.1) is 0 Å². The van der Waals surface area contributed by atoms with Crippen LogP contribution in [0, 0.1) is 16.0 Å². The van der Waals surface area contributed by atoms with Crippen molar-refractivity contribution in [1.82, 2.24) is 4.90 Å². The third-order valence-electron chi connectivity index (χ3n) is 6.65. The van der Waals surface area contributed by atoms with E-state index in [-0.39, 0.29) is 17.4 Å². The lowest BCUT2D eigenvalue weighted by atomic mass is 9.61. The van der Waals surface area contributed by atoms with Gasteiger partial charge in [0.25, 0.3) is 0 Å². The van der Waals surface area contributed by atoms with Crippen molar-refractivity contribution in [2.45, 2.75) is 42.8 Å². The van der Waals surface area contributed by atoms with E-state index in [1.54, 1.807) is 14.2 Å². The number of ether oxygens (including phenoxy) is 2. The van der Waals surface area contributed by atoms with Gasteiger partial charge < -0.3 is 25.8 Å². The Morgan fingerprint density at radius 2 is 2.00 bits per heavy atom. The van der Waals surface area contributed by atoms with E-state index in [9.17, 15) is 10.1 Å². The lowest BCUT2D eigenvalue weighted by Gasteiger charge is -2.47. The SMILES string of the molecule is COc1ccc([C@@]23CC[C@H](C(N)(N)C[N+](=O)[O-])C[C@H]2N(C)CC3)cc1OC. The molecule has 4 N–H and O–H groups in total. The summed E-state index contributed by atoms with van der Waals surface area (Å²) in [4.78, 5) is 12.9. The molecule has 150 valence electrons. The maximum Gasteiger partial charge on any atom is 0.234 e. The Labute approximate surface area is 159 Å². The topological polar surface area (TPSA) is 117 Å². The third-order valence-corrected chi connectivity index (χ3v) is 6.65. The number of likely N-dealkylation sites (N-methyl/N-ethyl adjacent to an activating group) is 1. The minimum Gasteiger partial charge on any atom is -0.493 e. The van der Waals surface area contributed by atoms with Crippen LogP contribution in [-0.4, -0.2) is 55.9 Å². The molecule has 3 rings (SSSR count). The predicted molar refractivity (Wildman–Crippen MR) is 103 cm³/mol. The second-order valence-corrected chi connectivity index (χ2v) is 8.05. The summed E-state index contributed by atoms with van der Waals surface area (Å²) in [5.41, 5.74) is 12.3. The van der Waals surface area contributed by atoms with E-state index < -0.39 is 17.1 Å². The molecule has 1 heterocycles. The van der Waals surface area contributed by atoms with Crippen LogP contribution in [-0.2, 0) is 5.41 Å². The number of rotatable bonds is 6. The minimum absolute atomic E-state index is 0.0184. The molecule has 2 fully saturated rings. The molecule has 1 aromatic carbocycles. The van der Waals surface area contributed by atoms with E-state index in [1.807, 2.05) is 6.07 Å². The highest BCUT2D eigenvalue weighted by Crippen LogP contribution is 2.52. The average molecular weight is 378 g/mol. The Kier molecular flexibility index (Phi) is 5.33. The standard InChI is InChI=1S/C19H30N4O4/c1-22-9-8-18(13-4-5-15(26-2)16(10-13)27-3)7-6-14(11-17(18)22)19(20,21)12-23(24)25/h4-5,10,14,17H,6-9,11-12,20-21H2,1-3H3/t14-,17+,18-/m0/s1. The van der Waals surface area contributed by atoms with E-state index in [4.69, 9.17) is 20.9 Å². The lowest BCUT2D eigenvalue weighted by molar-refractivity contribution is -0.491. The van der Waals surface area contributed by atoms with Crippen molar-refractivity contribution >= 4 is 0 Å². The van der Waals surface area contributed by atoms with Crippen LogP contribution in [0.3, 0.4) is 0 Å². The third kappa shape index (κ3) is 3.49. The maximum atomic E-state index is 11.0. The number of likely N-dealkylation sites (tertiary alicyclic amines) is 1. The second-order valence-electron chi connectivity index (χ2n) is 8.05. The summed E-state index contributed by atoms with van der Waals surface area (Å²) in [6.07, 6.45) is 3.47. The molecule has 1 saturated heterocycles. The van der Waals surface area contributed by atoms with Gasteiger partial charge in [-0.25, -0.2) is 0 Å². The van der Waals surface area contributed by atoms with Crippen LogP contribution >= 0.6 is 0 Å². The Morgan fingerprint density at radius 3 is 2.63 bits per heavy atom. The molecule has 1 aliphatic carbocycles. The Hall–Kier alpha value is -1.90. The number of hydrogen-bond donors (Lipinski definition) is 2. The summed E-state index contributed by atoms with van der Waals surface area (Å²) >= 11 is 0. The van der Waals surface area contributed by atoms with Gasteiger partial charge in [-0.3, -0.25) is 10.1 Å². The van der Waals surface area contributed by atoms with Gasteiger partial charge in [-0.1, -0.05) is 6.07 Å². The first kappa shape index (κ1) is 19.9. The van der Waals surface area contributed by atoms with Crippen molar-refractivity contribution in [1.29, 1.82) is 0 Å². The van der Waals surface area contributed by atoms with E-state index in [1.165, 1.54) is 5.56 Å². The molecule has 0 aromatic heterocycles. The van der Waals surface area contributed by atoms with Gasteiger partial charge in [0, 0.05) is 16.4 Å². The van der Waals surface area contributed by atoms with Crippen LogP contribution in [0.2, 0.25) is 0 Å². The first-order valence-corrected chi connectivity index (χ1v) is 9.36. The summed E-state index contributed by atoms with van der Waals surface area (Å²) in [6, 6.07) is 6.38. The summed E-state index contributed by atoms with van der Waals surface area (Å²) in [6.45, 7) is 0.570. The van der Waals surface area contributed by atoms with Crippen LogP contribution in [0.5, 0.6) is 11.5 Å². The molecular formula is C19H30N4O4. The van der Waals surface area contributed by atoms with Gasteiger partial charge in [0.1, 0.15) is 5.66 Å². The number of methoxy groups -OCH3 is 2. The van der Waals surface area contributed by atoms with Crippen molar-refractivity contribution < 1.29 is 14.4 Å². The molecule has 0 radical (unpaired) electrons. The molecular weight excluding hydrogens is 348 g/mol. The molecule has 8 nitrogen and oxygen atoms in total. The van der Waals surface area contributed by atoms with Crippen molar-refractivity contribution in [3.8, 4) is 11.5 Å². The zero-order chi connectivity index (χ0) is 19.8. The minimum atomic E-state index is -1.28. The number of nitrogens with zero attached hydrogens (tertiary/aromatic N) is 2. The van der Waals surface area contributed by atoms with E-state index in [2.05, 4.69) is 24.1 Å². The molecule has 1 saturated carbocycles. The first-order chi connectivity index (χ1) is 12.7. The van der Waals surface area contributed by atoms with Crippen LogP contribution in [0.4, 0.5) is 0 Å². The van der Waals surface area contributed by atoms with Gasteiger partial charge in [-0.2, -0.15) is 0 Å². The molecule has 0 amide bonds. The van der Waals surface area contributed by atoms with E-state index in [0.717, 1.165) is 38.0 Å². The second kappa shape index (κ2) is 7.26. The van der Waals surface area contributed by atoms with Crippen molar-refractivity contribution in [3.63, 3.8) is 0 Å². The quantitative estimate of drug-likeness (QED) is 0.436. The van der Waals surface area contributed by atoms with Gasteiger partial charge >= 0.3 is 0 Å². The van der Waals surface area contributed by atoms with Crippen LogP contribution in [0.15, 0.2) is 18.2 Å². The molecule has 2 aliphatic rings. The van der Waals surface area contributed by atoms with Crippen molar-refractivity contribution in [2.75, 3.05) is 34.4 Å². The smallest absolute Gasteiger partial charge is 0.234 e.